The van der Waals surface area contributed by atoms with Gasteiger partial charge in [0.25, 0.3) is 0 Å². The van der Waals surface area contributed by atoms with Crippen LogP contribution in [0.2, 0.25) is 0 Å². The second kappa shape index (κ2) is 8.14. The summed E-state index contributed by atoms with van der Waals surface area (Å²) in [6.45, 7) is 0. The first-order valence-electron chi connectivity index (χ1n) is 9.25. The number of sulfonamides is 1. The van der Waals surface area contributed by atoms with Crippen LogP contribution in [0, 0.1) is 0 Å². The lowest BCUT2D eigenvalue weighted by Gasteiger charge is -2.04. The maximum atomic E-state index is 11.6. The highest BCUT2D eigenvalue weighted by Crippen LogP contribution is 2.34. The van der Waals surface area contributed by atoms with E-state index < -0.39 is 10.0 Å². The Morgan fingerprint density at radius 3 is 2.13 bits per heavy atom. The van der Waals surface area contributed by atoms with Gasteiger partial charge in [-0.25, -0.2) is 18.5 Å². The van der Waals surface area contributed by atoms with Gasteiger partial charge < -0.3 is 9.15 Å². The molecule has 7 heteroatoms. The van der Waals surface area contributed by atoms with Crippen molar-refractivity contribution in [3.05, 3.63) is 90.3 Å². The Labute approximate surface area is 175 Å². The van der Waals surface area contributed by atoms with E-state index in [9.17, 15) is 8.42 Å². The number of hydrogen-bond donors (Lipinski definition) is 1. The Morgan fingerprint density at radius 1 is 0.900 bits per heavy atom. The maximum Gasteiger partial charge on any atom is 0.238 e. The molecule has 0 aliphatic carbocycles. The number of methoxy groups -OCH3 is 1. The molecule has 1 heterocycles. The molecule has 4 rings (SSSR count). The largest absolute Gasteiger partial charge is 0.497 e. The number of primary sulfonamides is 1. The van der Waals surface area contributed by atoms with Gasteiger partial charge in [0, 0.05) is 17.5 Å². The van der Waals surface area contributed by atoms with Gasteiger partial charge in [-0.05, 0) is 42.0 Å². The number of nitrogens with zero attached hydrogens (tertiary/aromatic N) is 1. The molecule has 0 bridgehead atoms. The Bertz CT molecular complexity index is 1250. The van der Waals surface area contributed by atoms with Gasteiger partial charge in [-0.2, -0.15) is 0 Å². The quantitative estimate of drug-likeness (QED) is 0.503. The number of nitrogens with two attached hydrogens (primary N) is 1. The number of benzene rings is 3. The predicted octanol–water partition coefficient (Wildman–Crippen LogP) is 4.26. The lowest BCUT2D eigenvalue weighted by atomic mass is 10.1. The summed E-state index contributed by atoms with van der Waals surface area (Å²) >= 11 is 0. The van der Waals surface area contributed by atoms with Crippen LogP contribution in [-0.2, 0) is 16.4 Å². The van der Waals surface area contributed by atoms with E-state index in [2.05, 4.69) is 0 Å². The summed E-state index contributed by atoms with van der Waals surface area (Å²) in [5.74, 6) is 1.91. The van der Waals surface area contributed by atoms with Gasteiger partial charge in [-0.3, -0.25) is 0 Å². The third-order valence-electron chi connectivity index (χ3n) is 4.68. The minimum Gasteiger partial charge on any atom is -0.497 e. The van der Waals surface area contributed by atoms with Gasteiger partial charge in [-0.1, -0.05) is 42.5 Å². The molecule has 0 aliphatic heterocycles. The van der Waals surface area contributed by atoms with Crippen LogP contribution in [0.4, 0.5) is 0 Å². The molecule has 0 atom stereocenters. The highest BCUT2D eigenvalue weighted by Gasteiger charge is 2.18. The summed E-state index contributed by atoms with van der Waals surface area (Å²) in [5.41, 5.74) is 3.28. The number of oxazole rings is 1. The zero-order chi connectivity index (χ0) is 21.1. The highest BCUT2D eigenvalue weighted by atomic mass is 32.2. The molecular formula is C23H20N2O4S. The molecule has 0 aliphatic rings. The number of ether oxygens (including phenoxy) is 1. The first-order valence-corrected chi connectivity index (χ1v) is 10.8. The molecule has 0 radical (unpaired) electrons. The lowest BCUT2D eigenvalue weighted by Crippen LogP contribution is -2.11. The fourth-order valence-electron chi connectivity index (χ4n) is 3.15. The summed E-state index contributed by atoms with van der Waals surface area (Å²) in [6, 6.07) is 23.7. The molecule has 0 saturated carbocycles. The summed E-state index contributed by atoms with van der Waals surface area (Å²) in [7, 11) is -2.15. The van der Waals surface area contributed by atoms with Gasteiger partial charge in [0.2, 0.25) is 10.0 Å². The first kappa shape index (κ1) is 19.9. The second-order valence-electron chi connectivity index (χ2n) is 6.75. The molecule has 0 fully saturated rings. The van der Waals surface area contributed by atoms with Crippen molar-refractivity contribution >= 4 is 10.0 Å². The average Bonchev–Trinajstić information content (AvgIpc) is 3.18. The molecule has 30 heavy (non-hydrogen) atoms. The topological polar surface area (TPSA) is 95.4 Å². The van der Waals surface area contributed by atoms with Crippen LogP contribution in [-0.4, -0.2) is 20.5 Å². The van der Waals surface area contributed by atoms with E-state index in [-0.39, 0.29) is 4.90 Å². The molecule has 4 aromatic rings. The second-order valence-corrected chi connectivity index (χ2v) is 8.31. The zero-order valence-corrected chi connectivity index (χ0v) is 17.1. The van der Waals surface area contributed by atoms with Gasteiger partial charge in [0.1, 0.15) is 11.4 Å². The van der Waals surface area contributed by atoms with Crippen molar-refractivity contribution in [1.82, 2.24) is 4.98 Å². The highest BCUT2D eigenvalue weighted by molar-refractivity contribution is 7.89. The van der Waals surface area contributed by atoms with Gasteiger partial charge >= 0.3 is 0 Å². The van der Waals surface area contributed by atoms with E-state index in [4.69, 9.17) is 19.3 Å². The number of aromatic nitrogens is 1. The Morgan fingerprint density at radius 2 is 1.53 bits per heavy atom. The van der Waals surface area contributed by atoms with Crippen molar-refractivity contribution in [1.29, 1.82) is 0 Å². The van der Waals surface area contributed by atoms with E-state index in [1.807, 2.05) is 54.6 Å². The van der Waals surface area contributed by atoms with Crippen LogP contribution in [0.1, 0.15) is 11.5 Å². The Kier molecular flexibility index (Phi) is 5.39. The van der Waals surface area contributed by atoms with Crippen molar-refractivity contribution in [3.8, 4) is 28.3 Å². The van der Waals surface area contributed by atoms with Crippen molar-refractivity contribution in [2.75, 3.05) is 7.11 Å². The average molecular weight is 420 g/mol. The predicted molar refractivity (Wildman–Crippen MR) is 115 cm³/mol. The van der Waals surface area contributed by atoms with Crippen LogP contribution >= 0.6 is 0 Å². The molecule has 2 N–H and O–H groups in total. The van der Waals surface area contributed by atoms with Gasteiger partial charge in [-0.15, -0.1) is 0 Å². The Hall–Kier alpha value is -3.42. The van der Waals surface area contributed by atoms with Crippen molar-refractivity contribution in [2.24, 2.45) is 5.14 Å². The summed E-state index contributed by atoms with van der Waals surface area (Å²) in [6.07, 6.45) is 0.541. The van der Waals surface area contributed by atoms with E-state index >= 15 is 0 Å². The third kappa shape index (κ3) is 4.27. The maximum absolute atomic E-state index is 11.6. The smallest absolute Gasteiger partial charge is 0.238 e. The molecule has 0 spiro atoms. The molecule has 6 nitrogen and oxygen atoms in total. The molecule has 1 aromatic heterocycles. The lowest BCUT2D eigenvalue weighted by molar-refractivity contribution is 0.415. The Balaban J connectivity index is 1.78. The molecule has 0 amide bonds. The van der Waals surface area contributed by atoms with Crippen LogP contribution in [0.15, 0.2) is 88.2 Å². The summed E-state index contributed by atoms with van der Waals surface area (Å²) < 4.78 is 34.5. The minimum atomic E-state index is -3.76. The first-order chi connectivity index (χ1) is 14.4. The van der Waals surface area contributed by atoms with Gasteiger partial charge in [0.15, 0.2) is 11.7 Å². The summed E-state index contributed by atoms with van der Waals surface area (Å²) in [5, 5.41) is 5.21. The molecule has 0 unspecified atom stereocenters. The number of hydrogen-bond acceptors (Lipinski definition) is 5. The van der Waals surface area contributed by atoms with E-state index in [1.54, 1.807) is 19.2 Å². The minimum absolute atomic E-state index is 0.0465. The SMILES string of the molecule is COc1ccc(-c2oc(Cc3ccccc3)nc2-c2ccc(S(N)(=O)=O)cc2)cc1. The van der Waals surface area contributed by atoms with Crippen LogP contribution in [0.5, 0.6) is 5.75 Å². The molecular weight excluding hydrogens is 400 g/mol. The van der Waals surface area contributed by atoms with Crippen LogP contribution in [0.25, 0.3) is 22.6 Å². The standard InChI is InChI=1S/C23H20N2O4S/c1-28-19-11-7-18(8-12-19)23-22(17-9-13-20(14-10-17)30(24,26)27)25-21(29-23)15-16-5-3-2-4-6-16/h2-14H,15H2,1H3,(H2,24,26,27). The number of rotatable bonds is 6. The van der Waals surface area contributed by atoms with Crippen molar-refractivity contribution < 1.29 is 17.6 Å². The van der Waals surface area contributed by atoms with Crippen LogP contribution in [0.3, 0.4) is 0 Å². The van der Waals surface area contributed by atoms with E-state index in [0.717, 1.165) is 22.4 Å². The monoisotopic (exact) mass is 420 g/mol. The van der Waals surface area contributed by atoms with Crippen molar-refractivity contribution in [3.63, 3.8) is 0 Å². The van der Waals surface area contributed by atoms with Crippen molar-refractivity contribution in [2.45, 2.75) is 11.3 Å². The normalized spacial score (nSPS) is 11.4. The summed E-state index contributed by atoms with van der Waals surface area (Å²) in [4.78, 5) is 4.75. The molecule has 152 valence electrons. The molecule has 0 saturated heterocycles. The van der Waals surface area contributed by atoms with Gasteiger partial charge in [0.05, 0.1) is 12.0 Å². The van der Waals surface area contributed by atoms with E-state index in [0.29, 0.717) is 23.8 Å². The molecule has 3 aromatic carbocycles. The van der Waals surface area contributed by atoms with E-state index in [1.165, 1.54) is 12.1 Å². The van der Waals surface area contributed by atoms with Crippen LogP contribution < -0.4 is 9.88 Å². The third-order valence-corrected chi connectivity index (χ3v) is 5.61. The fourth-order valence-corrected chi connectivity index (χ4v) is 3.66. The zero-order valence-electron chi connectivity index (χ0n) is 16.3. The fraction of sp³-hybridized carbons (Fsp3) is 0.0870.